The fraction of sp³-hybridized carbons (Fsp3) is 0.625. The van der Waals surface area contributed by atoms with Crippen molar-refractivity contribution in [2.75, 3.05) is 39.5 Å². The third kappa shape index (κ3) is 4.39. The van der Waals surface area contributed by atoms with Crippen LogP contribution in [-0.2, 0) is 0 Å². The van der Waals surface area contributed by atoms with Gasteiger partial charge in [-0.1, -0.05) is 12.1 Å². The van der Waals surface area contributed by atoms with Crippen LogP contribution in [0.3, 0.4) is 0 Å². The van der Waals surface area contributed by atoms with E-state index in [4.69, 9.17) is 9.47 Å². The van der Waals surface area contributed by atoms with E-state index in [0.717, 1.165) is 37.6 Å². The molecule has 1 aromatic rings. The summed E-state index contributed by atoms with van der Waals surface area (Å²) in [6, 6.07) is 7.79. The van der Waals surface area contributed by atoms with Crippen LogP contribution in [0.2, 0.25) is 0 Å². The number of hydrogen-bond donors (Lipinski definition) is 1. The first-order chi connectivity index (χ1) is 9.83. The molecule has 1 fully saturated rings. The normalized spacial score (nSPS) is 19.8. The van der Waals surface area contributed by atoms with Crippen molar-refractivity contribution < 1.29 is 14.6 Å². The van der Waals surface area contributed by atoms with Crippen LogP contribution in [0.15, 0.2) is 24.3 Å². The average Bonchev–Trinajstić information content (AvgIpc) is 2.49. The van der Waals surface area contributed by atoms with Gasteiger partial charge in [0.15, 0.2) is 11.5 Å². The van der Waals surface area contributed by atoms with Gasteiger partial charge >= 0.3 is 0 Å². The van der Waals surface area contributed by atoms with Crippen molar-refractivity contribution in [1.29, 1.82) is 0 Å². The van der Waals surface area contributed by atoms with Crippen molar-refractivity contribution in [2.24, 2.45) is 5.92 Å². The summed E-state index contributed by atoms with van der Waals surface area (Å²) in [6.07, 6.45) is 2.31. The van der Waals surface area contributed by atoms with Crippen molar-refractivity contribution >= 4 is 0 Å². The molecule has 0 amide bonds. The van der Waals surface area contributed by atoms with Gasteiger partial charge in [0.1, 0.15) is 6.61 Å². The summed E-state index contributed by atoms with van der Waals surface area (Å²) in [4.78, 5) is 2.37. The highest BCUT2D eigenvalue weighted by molar-refractivity contribution is 5.39. The van der Waals surface area contributed by atoms with Crippen LogP contribution >= 0.6 is 0 Å². The van der Waals surface area contributed by atoms with Gasteiger partial charge in [0.25, 0.3) is 0 Å². The molecule has 1 atom stereocenters. The van der Waals surface area contributed by atoms with Crippen molar-refractivity contribution in [2.45, 2.75) is 19.8 Å². The number of piperidine rings is 1. The number of rotatable bonds is 7. The molecule has 0 aliphatic carbocycles. The lowest BCUT2D eigenvalue weighted by molar-refractivity contribution is 0.107. The van der Waals surface area contributed by atoms with E-state index in [-0.39, 0.29) is 0 Å². The smallest absolute Gasteiger partial charge is 0.161 e. The monoisotopic (exact) mass is 279 g/mol. The number of likely N-dealkylation sites (tertiary alicyclic amines) is 1. The number of hydrogen-bond acceptors (Lipinski definition) is 4. The minimum Gasteiger partial charge on any atom is -0.490 e. The molecule has 1 heterocycles. The lowest BCUT2D eigenvalue weighted by atomic mass is 9.99. The highest BCUT2D eigenvalue weighted by Gasteiger charge is 2.18. The van der Waals surface area contributed by atoms with Crippen molar-refractivity contribution in [3.05, 3.63) is 24.3 Å². The summed E-state index contributed by atoms with van der Waals surface area (Å²) in [6.45, 7) is 6.55. The molecule has 1 N–H and O–H groups in total. The number of para-hydroxylation sites is 2. The summed E-state index contributed by atoms with van der Waals surface area (Å²) in [7, 11) is 0. The summed E-state index contributed by atoms with van der Waals surface area (Å²) >= 11 is 0. The summed E-state index contributed by atoms with van der Waals surface area (Å²) in [5.74, 6) is 2.05. The Hall–Kier alpha value is -1.26. The molecule has 2 rings (SSSR count). The Labute approximate surface area is 121 Å². The van der Waals surface area contributed by atoms with Crippen molar-refractivity contribution in [1.82, 2.24) is 4.90 Å². The van der Waals surface area contributed by atoms with Crippen LogP contribution < -0.4 is 9.47 Å². The number of benzene rings is 1. The van der Waals surface area contributed by atoms with Gasteiger partial charge in [-0.05, 0) is 44.4 Å². The van der Waals surface area contributed by atoms with E-state index in [1.165, 1.54) is 6.42 Å². The zero-order chi connectivity index (χ0) is 14.2. The Morgan fingerprint density at radius 2 is 2.00 bits per heavy atom. The van der Waals surface area contributed by atoms with E-state index < -0.39 is 0 Å². The Bertz CT molecular complexity index is 397. The molecule has 20 heavy (non-hydrogen) atoms. The molecule has 0 aromatic heterocycles. The second kappa shape index (κ2) is 8.12. The van der Waals surface area contributed by atoms with E-state index in [9.17, 15) is 5.11 Å². The van der Waals surface area contributed by atoms with Gasteiger partial charge in [-0.2, -0.15) is 0 Å². The molecule has 1 saturated heterocycles. The third-order valence-electron chi connectivity index (χ3n) is 3.68. The quantitative estimate of drug-likeness (QED) is 0.830. The molecule has 1 aliphatic heterocycles. The number of aliphatic hydroxyl groups excluding tert-OH is 1. The molecule has 0 bridgehead atoms. The summed E-state index contributed by atoms with van der Waals surface area (Å²) < 4.78 is 11.4. The Kier molecular flexibility index (Phi) is 6.15. The lowest BCUT2D eigenvalue weighted by Gasteiger charge is -2.31. The van der Waals surface area contributed by atoms with E-state index in [1.807, 2.05) is 31.2 Å². The Morgan fingerprint density at radius 1 is 1.25 bits per heavy atom. The molecule has 0 saturated carbocycles. The molecule has 0 unspecified atom stereocenters. The zero-order valence-electron chi connectivity index (χ0n) is 12.3. The topological polar surface area (TPSA) is 41.9 Å². The summed E-state index contributed by atoms with van der Waals surface area (Å²) in [5.41, 5.74) is 0. The largest absolute Gasteiger partial charge is 0.490 e. The highest BCUT2D eigenvalue weighted by Crippen LogP contribution is 2.26. The zero-order valence-corrected chi connectivity index (χ0v) is 12.3. The Morgan fingerprint density at radius 3 is 2.70 bits per heavy atom. The van der Waals surface area contributed by atoms with E-state index in [1.54, 1.807) is 0 Å². The molecule has 1 aromatic carbocycles. The predicted molar refractivity (Wildman–Crippen MR) is 79.4 cm³/mol. The van der Waals surface area contributed by atoms with E-state index in [2.05, 4.69) is 4.90 Å². The van der Waals surface area contributed by atoms with Crippen LogP contribution in [0.5, 0.6) is 11.5 Å². The minimum atomic E-state index is 0.296. The maximum Gasteiger partial charge on any atom is 0.161 e. The van der Waals surface area contributed by atoms with Gasteiger partial charge in [-0.25, -0.2) is 0 Å². The molecular formula is C16H25NO3. The van der Waals surface area contributed by atoms with Crippen LogP contribution in [0, 0.1) is 5.92 Å². The molecular weight excluding hydrogens is 254 g/mol. The van der Waals surface area contributed by atoms with Gasteiger partial charge in [0, 0.05) is 19.7 Å². The van der Waals surface area contributed by atoms with Crippen LogP contribution in [0.25, 0.3) is 0 Å². The molecule has 0 spiro atoms. The maximum atomic E-state index is 9.23. The molecule has 4 nitrogen and oxygen atoms in total. The Balaban J connectivity index is 1.78. The first-order valence-electron chi connectivity index (χ1n) is 7.51. The highest BCUT2D eigenvalue weighted by atomic mass is 16.5. The molecule has 4 heteroatoms. The van der Waals surface area contributed by atoms with Gasteiger partial charge < -0.3 is 14.6 Å². The van der Waals surface area contributed by atoms with Gasteiger partial charge in [-0.15, -0.1) is 0 Å². The second-order valence-corrected chi connectivity index (χ2v) is 5.22. The van der Waals surface area contributed by atoms with Gasteiger partial charge in [0.05, 0.1) is 6.61 Å². The predicted octanol–water partition coefficient (Wildman–Crippen LogP) is 2.17. The maximum absolute atomic E-state index is 9.23. The fourth-order valence-corrected chi connectivity index (χ4v) is 2.63. The van der Waals surface area contributed by atoms with Crippen molar-refractivity contribution in [3.63, 3.8) is 0 Å². The van der Waals surface area contributed by atoms with Crippen LogP contribution in [0.1, 0.15) is 19.8 Å². The standard InChI is InChI=1S/C16H25NO3/c1-2-19-15-7-3-4-8-16(15)20-11-10-17-9-5-6-14(12-17)13-18/h3-4,7-8,14,18H,2,5-6,9-13H2,1H3/t14-/m0/s1. The minimum absolute atomic E-state index is 0.296. The van der Waals surface area contributed by atoms with Crippen LogP contribution in [-0.4, -0.2) is 49.5 Å². The first kappa shape index (κ1) is 15.1. The van der Waals surface area contributed by atoms with E-state index >= 15 is 0 Å². The molecule has 112 valence electrons. The number of aliphatic hydroxyl groups is 1. The SMILES string of the molecule is CCOc1ccccc1OCCN1CCC[C@H](CO)C1. The van der Waals surface area contributed by atoms with Gasteiger partial charge in [-0.3, -0.25) is 4.90 Å². The first-order valence-corrected chi connectivity index (χ1v) is 7.51. The molecule has 0 radical (unpaired) electrons. The van der Waals surface area contributed by atoms with E-state index in [0.29, 0.717) is 25.7 Å². The second-order valence-electron chi connectivity index (χ2n) is 5.22. The number of ether oxygens (including phenoxy) is 2. The lowest BCUT2D eigenvalue weighted by Crippen LogP contribution is -2.39. The molecule has 1 aliphatic rings. The van der Waals surface area contributed by atoms with Gasteiger partial charge in [0.2, 0.25) is 0 Å². The third-order valence-corrected chi connectivity index (χ3v) is 3.68. The summed E-state index contributed by atoms with van der Waals surface area (Å²) in [5, 5.41) is 9.23. The average molecular weight is 279 g/mol. The number of nitrogens with zero attached hydrogens (tertiary/aromatic N) is 1. The van der Waals surface area contributed by atoms with Crippen LogP contribution in [0.4, 0.5) is 0 Å². The fourth-order valence-electron chi connectivity index (χ4n) is 2.63. The van der Waals surface area contributed by atoms with Crippen molar-refractivity contribution in [3.8, 4) is 11.5 Å².